The number of carbonyl (C=O) groups is 1. The van der Waals surface area contributed by atoms with E-state index in [-0.39, 0.29) is 0 Å². The minimum atomic E-state index is 0.328. The molecule has 0 spiro atoms. The van der Waals surface area contributed by atoms with E-state index in [0.717, 1.165) is 52.1 Å². The van der Waals surface area contributed by atoms with Crippen molar-refractivity contribution in [2.45, 2.75) is 38.1 Å². The molecule has 0 aromatic heterocycles. The molecule has 1 amide bonds. The quantitative estimate of drug-likeness (QED) is 0.553. The van der Waals surface area contributed by atoms with Gasteiger partial charge >= 0.3 is 0 Å². The second kappa shape index (κ2) is 6.64. The molecule has 2 aliphatic carbocycles. The molecule has 21 heavy (non-hydrogen) atoms. The highest BCUT2D eigenvalue weighted by atomic mass is 16.2. The van der Waals surface area contributed by atoms with Crippen molar-refractivity contribution in [1.82, 2.24) is 15.1 Å². The van der Waals surface area contributed by atoms with Crippen molar-refractivity contribution in [3.05, 3.63) is 0 Å². The Bertz CT molecular complexity index is 395. The van der Waals surface area contributed by atoms with Crippen LogP contribution >= 0.6 is 0 Å². The summed E-state index contributed by atoms with van der Waals surface area (Å²) in [6, 6.07) is 0.565. The van der Waals surface area contributed by atoms with Crippen LogP contribution in [0.1, 0.15) is 32.1 Å². The minimum Gasteiger partial charge on any atom is -0.370 e. The maximum atomic E-state index is 12.2. The SMILES string of the molecule is NC(=NCCN1CCN(C(=O)C2CCC2)CC1)NC1CC1. The summed E-state index contributed by atoms with van der Waals surface area (Å²) in [6.07, 6.45) is 5.85. The second-order valence-electron chi connectivity index (χ2n) is 6.48. The lowest BCUT2D eigenvalue weighted by atomic mass is 9.84. The third kappa shape index (κ3) is 4.09. The van der Waals surface area contributed by atoms with Gasteiger partial charge in [-0.05, 0) is 25.7 Å². The zero-order valence-corrected chi connectivity index (χ0v) is 12.8. The third-order valence-electron chi connectivity index (χ3n) is 4.77. The summed E-state index contributed by atoms with van der Waals surface area (Å²) in [6.45, 7) is 5.33. The summed E-state index contributed by atoms with van der Waals surface area (Å²) in [4.78, 5) is 20.9. The van der Waals surface area contributed by atoms with Gasteiger partial charge in [-0.1, -0.05) is 6.42 Å². The van der Waals surface area contributed by atoms with Gasteiger partial charge in [0.2, 0.25) is 5.91 Å². The number of rotatable bonds is 5. The Morgan fingerprint density at radius 1 is 1.14 bits per heavy atom. The average molecular weight is 293 g/mol. The number of carbonyl (C=O) groups excluding carboxylic acids is 1. The first-order valence-electron chi connectivity index (χ1n) is 8.30. The summed E-state index contributed by atoms with van der Waals surface area (Å²) in [7, 11) is 0. The predicted molar refractivity (Wildman–Crippen MR) is 83.0 cm³/mol. The molecule has 0 aromatic rings. The molecule has 118 valence electrons. The fourth-order valence-corrected chi connectivity index (χ4v) is 2.90. The Balaban J connectivity index is 1.32. The molecule has 2 saturated carbocycles. The molecule has 0 radical (unpaired) electrons. The summed E-state index contributed by atoms with van der Waals surface area (Å²) >= 11 is 0. The highest BCUT2D eigenvalue weighted by molar-refractivity contribution is 5.79. The van der Waals surface area contributed by atoms with Crippen molar-refractivity contribution in [2.75, 3.05) is 39.3 Å². The van der Waals surface area contributed by atoms with Gasteiger partial charge in [-0.15, -0.1) is 0 Å². The molecule has 3 rings (SSSR count). The lowest BCUT2D eigenvalue weighted by Gasteiger charge is -2.38. The van der Waals surface area contributed by atoms with Gasteiger partial charge in [0.1, 0.15) is 0 Å². The molecule has 3 N–H and O–H groups in total. The Kier molecular flexibility index (Phi) is 4.63. The Labute approximate surface area is 126 Å². The Hall–Kier alpha value is -1.30. The molecule has 0 atom stereocenters. The van der Waals surface area contributed by atoms with Crippen molar-refractivity contribution in [3.8, 4) is 0 Å². The predicted octanol–water partition coefficient (Wildman–Crippen LogP) is -0.00260. The number of hydrogen-bond donors (Lipinski definition) is 2. The van der Waals surface area contributed by atoms with Crippen LogP contribution < -0.4 is 11.1 Å². The number of nitrogens with two attached hydrogens (primary N) is 1. The number of aliphatic imine (C=N–C) groups is 1. The fraction of sp³-hybridized carbons (Fsp3) is 0.867. The lowest BCUT2D eigenvalue weighted by Crippen LogP contribution is -2.51. The van der Waals surface area contributed by atoms with Crippen molar-refractivity contribution in [2.24, 2.45) is 16.6 Å². The van der Waals surface area contributed by atoms with E-state index in [1.54, 1.807) is 0 Å². The van der Waals surface area contributed by atoms with Crippen LogP contribution in [-0.4, -0.2) is 67.0 Å². The molecule has 1 aliphatic heterocycles. The van der Waals surface area contributed by atoms with E-state index < -0.39 is 0 Å². The monoisotopic (exact) mass is 293 g/mol. The van der Waals surface area contributed by atoms with Crippen molar-refractivity contribution in [3.63, 3.8) is 0 Å². The molecular weight excluding hydrogens is 266 g/mol. The van der Waals surface area contributed by atoms with Gasteiger partial charge in [-0.2, -0.15) is 0 Å². The highest BCUT2D eigenvalue weighted by Gasteiger charge is 2.31. The summed E-state index contributed by atoms with van der Waals surface area (Å²) in [5.74, 6) is 1.29. The molecule has 0 aromatic carbocycles. The maximum Gasteiger partial charge on any atom is 0.225 e. The fourth-order valence-electron chi connectivity index (χ4n) is 2.90. The molecule has 6 heteroatoms. The van der Waals surface area contributed by atoms with Gasteiger partial charge < -0.3 is 16.0 Å². The van der Waals surface area contributed by atoms with Gasteiger partial charge in [0.15, 0.2) is 5.96 Å². The van der Waals surface area contributed by atoms with Crippen LogP contribution in [0.25, 0.3) is 0 Å². The van der Waals surface area contributed by atoms with E-state index in [4.69, 9.17) is 5.73 Å². The Morgan fingerprint density at radius 2 is 1.86 bits per heavy atom. The second-order valence-corrected chi connectivity index (χ2v) is 6.48. The normalized spacial score (nSPS) is 24.8. The number of nitrogens with one attached hydrogen (secondary N) is 1. The number of hydrogen-bond acceptors (Lipinski definition) is 3. The van der Waals surface area contributed by atoms with E-state index in [9.17, 15) is 4.79 Å². The van der Waals surface area contributed by atoms with Crippen LogP contribution in [0.5, 0.6) is 0 Å². The standard InChI is InChI=1S/C15H27N5O/c16-15(18-13-4-5-13)17-6-7-19-8-10-20(11-9-19)14(21)12-2-1-3-12/h12-13H,1-11H2,(H3,16,17,18). The molecule has 6 nitrogen and oxygen atoms in total. The van der Waals surface area contributed by atoms with Crippen LogP contribution in [0.3, 0.4) is 0 Å². The molecule has 0 bridgehead atoms. The van der Waals surface area contributed by atoms with Crippen molar-refractivity contribution < 1.29 is 4.79 Å². The van der Waals surface area contributed by atoms with Gasteiger partial charge in [0.25, 0.3) is 0 Å². The largest absolute Gasteiger partial charge is 0.370 e. The Morgan fingerprint density at radius 3 is 2.43 bits per heavy atom. The van der Waals surface area contributed by atoms with Crippen LogP contribution in [0.2, 0.25) is 0 Å². The zero-order chi connectivity index (χ0) is 14.7. The summed E-state index contributed by atoms with van der Waals surface area (Å²) in [5.41, 5.74) is 5.81. The number of piperazine rings is 1. The zero-order valence-electron chi connectivity index (χ0n) is 12.8. The van der Waals surface area contributed by atoms with Gasteiger partial charge in [-0.25, -0.2) is 0 Å². The third-order valence-corrected chi connectivity index (χ3v) is 4.77. The van der Waals surface area contributed by atoms with E-state index in [2.05, 4.69) is 15.2 Å². The molecule has 0 unspecified atom stereocenters. The molecule has 3 aliphatic rings. The van der Waals surface area contributed by atoms with Crippen molar-refractivity contribution in [1.29, 1.82) is 0 Å². The van der Waals surface area contributed by atoms with Crippen LogP contribution in [0, 0.1) is 5.92 Å². The minimum absolute atomic E-state index is 0.328. The van der Waals surface area contributed by atoms with E-state index >= 15 is 0 Å². The molecule has 1 heterocycles. The topological polar surface area (TPSA) is 74.0 Å². The van der Waals surface area contributed by atoms with Crippen LogP contribution in [0.4, 0.5) is 0 Å². The molecule has 3 fully saturated rings. The summed E-state index contributed by atoms with van der Waals surface area (Å²) < 4.78 is 0. The lowest BCUT2D eigenvalue weighted by molar-refractivity contribution is -0.139. The number of nitrogens with zero attached hydrogens (tertiary/aromatic N) is 3. The highest BCUT2D eigenvalue weighted by Crippen LogP contribution is 2.28. The molecule has 1 saturated heterocycles. The average Bonchev–Trinajstić information content (AvgIpc) is 3.21. The van der Waals surface area contributed by atoms with Crippen LogP contribution in [0.15, 0.2) is 4.99 Å². The van der Waals surface area contributed by atoms with Crippen LogP contribution in [-0.2, 0) is 4.79 Å². The molecular formula is C15H27N5O. The van der Waals surface area contributed by atoms with E-state index in [1.165, 1.54) is 19.3 Å². The van der Waals surface area contributed by atoms with Gasteiger partial charge in [-0.3, -0.25) is 14.7 Å². The smallest absolute Gasteiger partial charge is 0.225 e. The van der Waals surface area contributed by atoms with Gasteiger partial charge in [0.05, 0.1) is 6.54 Å². The first kappa shape index (κ1) is 14.6. The number of guanidine groups is 1. The first-order chi connectivity index (χ1) is 10.2. The van der Waals surface area contributed by atoms with E-state index in [1.807, 2.05) is 4.90 Å². The first-order valence-corrected chi connectivity index (χ1v) is 8.30. The van der Waals surface area contributed by atoms with Crippen molar-refractivity contribution >= 4 is 11.9 Å². The number of amides is 1. The summed E-state index contributed by atoms with van der Waals surface area (Å²) in [5, 5.41) is 3.20. The van der Waals surface area contributed by atoms with E-state index in [0.29, 0.717) is 23.8 Å². The maximum absolute atomic E-state index is 12.2. The van der Waals surface area contributed by atoms with Gasteiger partial charge in [0, 0.05) is 44.7 Å².